The second kappa shape index (κ2) is 11.1. The van der Waals surface area contributed by atoms with Crippen LogP contribution in [0.3, 0.4) is 0 Å². The van der Waals surface area contributed by atoms with E-state index >= 15 is 0 Å². The van der Waals surface area contributed by atoms with Crippen molar-refractivity contribution in [2.45, 2.75) is 42.7 Å². The van der Waals surface area contributed by atoms with Crippen LogP contribution in [0, 0.1) is 11.6 Å². The molecular formula is C25H28F2N6O4S2. The summed E-state index contributed by atoms with van der Waals surface area (Å²) in [6.07, 6.45) is 3.48. The molecule has 4 heterocycles. The number of hydrogen-bond donors (Lipinski definition) is 3. The Bertz CT molecular complexity index is 1440. The van der Waals surface area contributed by atoms with Crippen LogP contribution >= 0.6 is 11.3 Å². The fourth-order valence-corrected chi connectivity index (χ4v) is 7.15. The highest BCUT2D eigenvalue weighted by Gasteiger charge is 2.31. The second-order valence-corrected chi connectivity index (χ2v) is 12.5. The van der Waals surface area contributed by atoms with Crippen molar-refractivity contribution in [3.05, 3.63) is 58.6 Å². The van der Waals surface area contributed by atoms with E-state index < -0.39 is 39.1 Å². The quantitative estimate of drug-likeness (QED) is 0.361. The van der Waals surface area contributed by atoms with E-state index in [1.54, 1.807) is 6.07 Å². The summed E-state index contributed by atoms with van der Waals surface area (Å²) in [6.45, 7) is 1.75. The van der Waals surface area contributed by atoms with Gasteiger partial charge in [0.2, 0.25) is 15.8 Å². The van der Waals surface area contributed by atoms with E-state index in [2.05, 4.69) is 15.3 Å². The molecule has 2 saturated heterocycles. The zero-order chi connectivity index (χ0) is 27.7. The van der Waals surface area contributed by atoms with Gasteiger partial charge in [-0.05, 0) is 49.9 Å². The molecule has 39 heavy (non-hydrogen) atoms. The summed E-state index contributed by atoms with van der Waals surface area (Å²) in [6, 6.07) is 6.24. The van der Waals surface area contributed by atoms with Gasteiger partial charge >= 0.3 is 0 Å². The summed E-state index contributed by atoms with van der Waals surface area (Å²) in [4.78, 5) is 23.2. The van der Waals surface area contributed by atoms with Crippen LogP contribution in [0.1, 0.15) is 40.9 Å². The summed E-state index contributed by atoms with van der Waals surface area (Å²) in [5.41, 5.74) is 5.19. The molecule has 2 aliphatic heterocycles. The number of carbonyl (C=O) groups is 1. The molecule has 1 aromatic carbocycles. The van der Waals surface area contributed by atoms with Crippen molar-refractivity contribution in [3.63, 3.8) is 0 Å². The van der Waals surface area contributed by atoms with Crippen LogP contribution in [0.15, 0.2) is 41.4 Å². The average molecular weight is 579 g/mol. The van der Waals surface area contributed by atoms with Crippen molar-refractivity contribution < 1.29 is 27.1 Å². The first-order valence-corrected chi connectivity index (χ1v) is 14.8. The number of carbonyl (C=O) groups excluding carboxylic acids is 1. The van der Waals surface area contributed by atoms with Crippen LogP contribution in [-0.2, 0) is 10.0 Å². The predicted molar refractivity (Wildman–Crippen MR) is 143 cm³/mol. The van der Waals surface area contributed by atoms with Gasteiger partial charge in [-0.15, -0.1) is 0 Å². The summed E-state index contributed by atoms with van der Waals surface area (Å²) in [7, 11) is -3.74. The van der Waals surface area contributed by atoms with Gasteiger partial charge < -0.3 is 21.1 Å². The minimum atomic E-state index is -3.74. The van der Waals surface area contributed by atoms with Crippen molar-refractivity contribution in [2.24, 2.45) is 0 Å². The number of halogens is 2. The largest absolute Gasteiger partial charge is 0.391 e. The van der Waals surface area contributed by atoms with E-state index in [-0.39, 0.29) is 34.7 Å². The number of sulfonamides is 1. The Morgan fingerprint density at radius 2 is 1.82 bits per heavy atom. The van der Waals surface area contributed by atoms with Crippen molar-refractivity contribution in [1.29, 1.82) is 0 Å². The smallest absolute Gasteiger partial charge is 0.244 e. The number of pyridine rings is 1. The number of ketones is 1. The number of piperidine rings is 2. The average Bonchev–Trinajstić information content (AvgIpc) is 3.28. The lowest BCUT2D eigenvalue weighted by Crippen LogP contribution is -2.42. The third kappa shape index (κ3) is 5.73. The Labute approximate surface area is 228 Å². The molecule has 0 spiro atoms. The van der Waals surface area contributed by atoms with Gasteiger partial charge in [0.25, 0.3) is 0 Å². The van der Waals surface area contributed by atoms with Gasteiger partial charge in [0.15, 0.2) is 5.13 Å². The maximum absolute atomic E-state index is 14.1. The number of β-amino-alcohol motifs (C(OH)–C–C–N with tert-alkyl or cyclic N) is 1. The molecule has 3 aromatic rings. The van der Waals surface area contributed by atoms with Gasteiger partial charge in [-0.1, -0.05) is 17.4 Å². The Morgan fingerprint density at radius 1 is 1.10 bits per heavy atom. The Morgan fingerprint density at radius 3 is 2.46 bits per heavy atom. The number of benzene rings is 1. The number of hydrogen-bond acceptors (Lipinski definition) is 10. The fraction of sp³-hybridized carbons (Fsp3) is 0.400. The van der Waals surface area contributed by atoms with E-state index in [4.69, 9.17) is 5.73 Å². The standard InChI is InChI=1S/C25H28F2N6O4S2/c26-18-4-1-5-19(27)21(18)22(35)23-24(28)31-25(38-23)30-15-8-11-33(12-9-15)39(36,37)17-6-7-20(29-13-17)32-10-2-3-16(34)14-32/h1,4-7,13,15-16,34H,2-3,8-12,14,28H2,(H,30,31). The topological polar surface area (TPSA) is 142 Å². The first kappa shape index (κ1) is 27.4. The van der Waals surface area contributed by atoms with E-state index in [9.17, 15) is 27.1 Å². The van der Waals surface area contributed by atoms with Crippen molar-refractivity contribution >= 4 is 43.9 Å². The van der Waals surface area contributed by atoms with E-state index in [0.717, 1.165) is 42.9 Å². The summed E-state index contributed by atoms with van der Waals surface area (Å²) in [5.74, 6) is -2.35. The SMILES string of the molecule is Nc1nc(NC2CCN(S(=O)(=O)c3ccc(N4CCCC(O)C4)nc3)CC2)sc1C(=O)c1c(F)cccc1F. The summed E-state index contributed by atoms with van der Waals surface area (Å²) >= 11 is 0.900. The van der Waals surface area contributed by atoms with E-state index in [0.29, 0.717) is 30.3 Å². The predicted octanol–water partition coefficient (Wildman–Crippen LogP) is 2.86. The fourth-order valence-electron chi connectivity index (χ4n) is 4.82. The Hall–Kier alpha value is -3.20. The molecule has 0 saturated carbocycles. The van der Waals surface area contributed by atoms with Crippen molar-refractivity contribution in [3.8, 4) is 0 Å². The first-order chi connectivity index (χ1) is 18.6. The normalized spacial score (nSPS) is 19.3. The van der Waals surface area contributed by atoms with Gasteiger partial charge in [-0.25, -0.2) is 27.2 Å². The molecule has 2 fully saturated rings. The van der Waals surface area contributed by atoms with Gasteiger partial charge in [0.1, 0.15) is 33.0 Å². The highest BCUT2D eigenvalue weighted by Crippen LogP contribution is 2.31. The number of nitrogens with one attached hydrogen (secondary N) is 1. The molecule has 5 rings (SSSR count). The van der Waals surface area contributed by atoms with Crippen LogP contribution in [-0.4, -0.2) is 71.9 Å². The molecule has 2 aliphatic rings. The van der Waals surface area contributed by atoms with Gasteiger partial charge in [-0.3, -0.25) is 4.79 Å². The van der Waals surface area contributed by atoms with Crippen molar-refractivity contribution in [2.75, 3.05) is 42.1 Å². The van der Waals surface area contributed by atoms with E-state index in [1.807, 2.05) is 4.90 Å². The zero-order valence-electron chi connectivity index (χ0n) is 20.9. The van der Waals surface area contributed by atoms with Gasteiger partial charge in [-0.2, -0.15) is 4.31 Å². The minimum Gasteiger partial charge on any atom is -0.391 e. The molecule has 0 aliphatic carbocycles. The number of thiazole rings is 1. The monoisotopic (exact) mass is 578 g/mol. The van der Waals surface area contributed by atoms with Crippen LogP contribution in [0.25, 0.3) is 0 Å². The molecule has 4 N–H and O–H groups in total. The Balaban J connectivity index is 1.20. The number of nitrogen functional groups attached to an aromatic ring is 1. The molecule has 14 heteroatoms. The number of aliphatic hydroxyl groups excluding tert-OH is 1. The maximum atomic E-state index is 14.1. The molecule has 0 amide bonds. The van der Waals surface area contributed by atoms with E-state index in [1.165, 1.54) is 22.6 Å². The first-order valence-electron chi connectivity index (χ1n) is 12.5. The number of aromatic nitrogens is 2. The minimum absolute atomic E-state index is 0.0727. The molecule has 0 radical (unpaired) electrons. The third-order valence-electron chi connectivity index (χ3n) is 6.91. The van der Waals surface area contributed by atoms with Gasteiger partial charge in [0, 0.05) is 38.4 Å². The number of anilines is 3. The molecule has 2 aromatic heterocycles. The lowest BCUT2D eigenvalue weighted by molar-refractivity contribution is 0.103. The molecule has 1 atom stereocenters. The summed E-state index contributed by atoms with van der Waals surface area (Å²) in [5, 5.41) is 13.4. The van der Waals surface area contributed by atoms with Gasteiger partial charge in [0.05, 0.1) is 11.7 Å². The molecule has 1 unspecified atom stereocenters. The second-order valence-electron chi connectivity index (χ2n) is 9.58. The maximum Gasteiger partial charge on any atom is 0.244 e. The highest BCUT2D eigenvalue weighted by molar-refractivity contribution is 7.89. The van der Waals surface area contributed by atoms with Crippen LogP contribution in [0.2, 0.25) is 0 Å². The molecule has 0 bridgehead atoms. The number of aliphatic hydroxyl groups is 1. The third-order valence-corrected chi connectivity index (χ3v) is 9.79. The number of rotatable bonds is 7. The number of nitrogens with two attached hydrogens (primary N) is 1. The van der Waals surface area contributed by atoms with Crippen LogP contribution in [0.5, 0.6) is 0 Å². The van der Waals surface area contributed by atoms with Crippen molar-refractivity contribution in [1.82, 2.24) is 14.3 Å². The zero-order valence-corrected chi connectivity index (χ0v) is 22.5. The summed E-state index contributed by atoms with van der Waals surface area (Å²) < 4.78 is 55.9. The lowest BCUT2D eigenvalue weighted by atomic mass is 10.1. The van der Waals surface area contributed by atoms with Crippen LogP contribution < -0.4 is 16.0 Å². The Kier molecular flexibility index (Phi) is 7.80. The molecular weight excluding hydrogens is 550 g/mol. The lowest BCUT2D eigenvalue weighted by Gasteiger charge is -2.32. The molecule has 208 valence electrons. The number of nitrogens with zero attached hydrogens (tertiary/aromatic N) is 4. The highest BCUT2D eigenvalue weighted by atomic mass is 32.2. The van der Waals surface area contributed by atoms with Crippen LogP contribution in [0.4, 0.5) is 25.5 Å². The molecule has 10 nitrogen and oxygen atoms in total.